The molecule has 0 unspecified atom stereocenters. The zero-order valence-corrected chi connectivity index (χ0v) is 26.5. The molecule has 7 rings (SSSR count). The molecule has 12 heteroatoms. The predicted molar refractivity (Wildman–Crippen MR) is 171 cm³/mol. The number of rotatable bonds is 9. The van der Waals surface area contributed by atoms with E-state index < -0.39 is 23.4 Å². The molecule has 1 saturated heterocycles. The van der Waals surface area contributed by atoms with Crippen LogP contribution in [0.4, 0.5) is 13.2 Å². The Morgan fingerprint density at radius 1 is 1.12 bits per heavy atom. The van der Waals surface area contributed by atoms with Crippen LogP contribution in [-0.4, -0.2) is 43.3 Å². The van der Waals surface area contributed by atoms with Crippen LogP contribution in [0.15, 0.2) is 54.7 Å². The third-order valence-electron chi connectivity index (χ3n) is 8.58. The third-order valence-corrected chi connectivity index (χ3v) is 8.91. The first-order valence-corrected chi connectivity index (χ1v) is 15.7. The molecule has 8 nitrogen and oxygen atoms in total. The fraction of sp³-hybridized carbons (Fsp3) is 0.278. The second kappa shape index (κ2) is 12.6. The van der Waals surface area contributed by atoms with E-state index in [9.17, 15) is 14.3 Å². The van der Waals surface area contributed by atoms with Crippen LogP contribution >= 0.6 is 11.6 Å². The van der Waals surface area contributed by atoms with Crippen molar-refractivity contribution in [1.82, 2.24) is 19.5 Å². The minimum Gasteiger partial charge on any atom is -0.478 e. The highest BCUT2D eigenvalue weighted by atomic mass is 35.5. The highest BCUT2D eigenvalue weighted by Gasteiger charge is 2.35. The average molecular weight is 673 g/mol. The van der Waals surface area contributed by atoms with Gasteiger partial charge in [-0.3, -0.25) is 4.98 Å². The topological polar surface area (TPSA) is 99.4 Å². The average Bonchev–Trinajstić information content (AvgIpc) is 3.68. The molecule has 4 heterocycles. The van der Waals surface area contributed by atoms with E-state index in [-0.39, 0.29) is 76.2 Å². The summed E-state index contributed by atoms with van der Waals surface area (Å²) in [5.41, 5.74) is 1.23. The van der Waals surface area contributed by atoms with Crippen LogP contribution in [0.25, 0.3) is 22.3 Å². The summed E-state index contributed by atoms with van der Waals surface area (Å²) in [5.74, 6) is 3.18. The van der Waals surface area contributed by atoms with Crippen LogP contribution < -0.4 is 4.74 Å². The number of carboxylic acid groups (broad SMARTS) is 1. The van der Waals surface area contributed by atoms with Crippen molar-refractivity contribution in [3.63, 3.8) is 0 Å². The Balaban J connectivity index is 1.11. The summed E-state index contributed by atoms with van der Waals surface area (Å²) in [6, 6.07) is 10.8. The molecule has 2 aromatic carbocycles. The van der Waals surface area contributed by atoms with E-state index in [1.54, 1.807) is 29.0 Å². The number of pyridine rings is 2. The van der Waals surface area contributed by atoms with Crippen molar-refractivity contribution in [2.45, 2.75) is 51.9 Å². The first-order chi connectivity index (χ1) is 23.0. The number of imidazole rings is 1. The summed E-state index contributed by atoms with van der Waals surface area (Å²) < 4.78 is 59.0. The summed E-state index contributed by atoms with van der Waals surface area (Å²) in [4.78, 5) is 24.7. The van der Waals surface area contributed by atoms with Gasteiger partial charge in [0.25, 0.3) is 0 Å². The number of fused-ring (bicyclic) bond motifs is 1. The number of halogens is 4. The van der Waals surface area contributed by atoms with Gasteiger partial charge in [0.1, 0.15) is 29.6 Å². The Labute approximate surface area is 278 Å². The number of nitrogens with zero attached hydrogens (tertiary/aromatic N) is 4. The largest absolute Gasteiger partial charge is 0.478 e. The molecular formula is C36H28ClF3N4O4. The van der Waals surface area contributed by atoms with Crippen molar-refractivity contribution >= 4 is 28.6 Å². The second-order valence-corrected chi connectivity index (χ2v) is 12.7. The smallest absolute Gasteiger partial charge is 0.335 e. The number of hydrogen-bond donors (Lipinski definition) is 1. The van der Waals surface area contributed by atoms with Gasteiger partial charge in [-0.25, -0.2) is 27.9 Å². The van der Waals surface area contributed by atoms with Gasteiger partial charge < -0.3 is 19.1 Å². The maximum Gasteiger partial charge on any atom is 0.335 e. The van der Waals surface area contributed by atoms with E-state index in [1.807, 2.05) is 0 Å². The Hall–Kier alpha value is -4.92. The van der Waals surface area contributed by atoms with E-state index in [1.165, 1.54) is 12.1 Å². The zero-order chi connectivity index (χ0) is 33.6. The van der Waals surface area contributed by atoms with Crippen LogP contribution in [0.5, 0.6) is 5.88 Å². The van der Waals surface area contributed by atoms with Gasteiger partial charge in [0.15, 0.2) is 5.82 Å². The van der Waals surface area contributed by atoms with Crippen molar-refractivity contribution in [3.8, 4) is 29.0 Å². The molecule has 244 valence electrons. The fourth-order valence-electron chi connectivity index (χ4n) is 5.38. The maximum absolute atomic E-state index is 15.6. The Bertz CT molecular complexity index is 2150. The normalized spacial score (nSPS) is 16.2. The van der Waals surface area contributed by atoms with Crippen LogP contribution in [-0.2, 0) is 24.3 Å². The van der Waals surface area contributed by atoms with Crippen LogP contribution in [0.1, 0.15) is 59.2 Å². The van der Waals surface area contributed by atoms with Crippen molar-refractivity contribution < 1.29 is 32.5 Å². The number of benzene rings is 2. The molecule has 48 heavy (non-hydrogen) atoms. The molecule has 2 aliphatic rings. The Kier molecular flexibility index (Phi) is 8.31. The molecule has 5 aromatic rings. The van der Waals surface area contributed by atoms with Gasteiger partial charge in [0.05, 0.1) is 40.1 Å². The van der Waals surface area contributed by atoms with Crippen LogP contribution in [0.3, 0.4) is 0 Å². The number of hydrogen-bond acceptors (Lipinski definition) is 6. The Morgan fingerprint density at radius 3 is 2.65 bits per heavy atom. The fourth-order valence-corrected chi connectivity index (χ4v) is 5.60. The molecule has 0 amide bonds. The van der Waals surface area contributed by atoms with Gasteiger partial charge in [0.2, 0.25) is 5.88 Å². The molecular weight excluding hydrogens is 645 g/mol. The summed E-state index contributed by atoms with van der Waals surface area (Å²) in [6.07, 6.45) is 4.18. The Morgan fingerprint density at radius 2 is 1.94 bits per heavy atom. The zero-order valence-electron chi connectivity index (χ0n) is 25.7. The van der Waals surface area contributed by atoms with Gasteiger partial charge >= 0.3 is 5.97 Å². The van der Waals surface area contributed by atoms with Gasteiger partial charge in [-0.05, 0) is 68.1 Å². The molecule has 2 fully saturated rings. The van der Waals surface area contributed by atoms with Crippen molar-refractivity contribution in [3.05, 3.63) is 105 Å². The van der Waals surface area contributed by atoms with Crippen LogP contribution in [0, 0.1) is 34.7 Å². The molecule has 1 saturated carbocycles. The van der Waals surface area contributed by atoms with E-state index >= 15 is 8.78 Å². The minimum atomic E-state index is -1.30. The molecule has 1 aliphatic carbocycles. The summed E-state index contributed by atoms with van der Waals surface area (Å²) >= 11 is 6.42. The first kappa shape index (κ1) is 31.7. The molecule has 0 bridgehead atoms. The maximum atomic E-state index is 15.6. The van der Waals surface area contributed by atoms with Crippen molar-refractivity contribution in [2.24, 2.45) is 5.41 Å². The minimum absolute atomic E-state index is 0.00204. The lowest BCUT2D eigenvalue weighted by atomic mass is 10.0. The number of carbonyl (C=O) groups is 1. The summed E-state index contributed by atoms with van der Waals surface area (Å²) in [6.45, 7) is 2.93. The lowest BCUT2D eigenvalue weighted by Gasteiger charge is -2.27. The van der Waals surface area contributed by atoms with Crippen molar-refractivity contribution in [2.75, 3.05) is 6.61 Å². The molecule has 3 aromatic heterocycles. The van der Waals surface area contributed by atoms with Crippen LogP contribution in [0.2, 0.25) is 5.02 Å². The monoisotopic (exact) mass is 672 g/mol. The number of ether oxygens (including phenoxy) is 2. The van der Waals surface area contributed by atoms with E-state index in [0.717, 1.165) is 37.5 Å². The van der Waals surface area contributed by atoms with E-state index in [2.05, 4.69) is 33.7 Å². The number of aromatic nitrogens is 4. The molecule has 1 N–H and O–H groups in total. The number of carboxylic acids is 1. The summed E-state index contributed by atoms with van der Waals surface area (Å²) in [5, 5.41) is 9.84. The van der Waals surface area contributed by atoms with Gasteiger partial charge in [-0.2, -0.15) is 0 Å². The summed E-state index contributed by atoms with van der Waals surface area (Å²) in [7, 11) is 0. The standard InChI is InChI=1S/C36H28ClF3N4O4/c1-36(8-9-36)7-5-20-11-25(37)30(41-17-20)19-48-33-4-2-3-29(42-33)24-16-26(38)21(12-27(24)39)15-32-43-34-28(40)13-22(35(45)46)14-31(34)44(32)18-23-6-10-47-23/h2-4,11-14,16-17,23H,6,8-10,15,18-19H2,1H3,(H,45,46)/t23-/m0/s1. The quantitative estimate of drug-likeness (QED) is 0.163. The lowest BCUT2D eigenvalue weighted by molar-refractivity contribution is -0.0589. The highest BCUT2D eigenvalue weighted by molar-refractivity contribution is 6.31. The second-order valence-electron chi connectivity index (χ2n) is 12.3. The van der Waals surface area contributed by atoms with Gasteiger partial charge in [-0.15, -0.1) is 0 Å². The number of aromatic carboxylic acids is 1. The predicted octanol–water partition coefficient (Wildman–Crippen LogP) is 7.37. The lowest BCUT2D eigenvalue weighted by Crippen LogP contribution is -2.31. The third kappa shape index (κ3) is 6.59. The SMILES string of the molecule is CC1(C#Cc2cnc(COc3cccc(-c4cc(F)c(Cc5nc6c(F)cc(C(=O)O)cc6n5C[C@@H]5CCO5)cc4F)n3)c(Cl)c2)CC1. The van der Waals surface area contributed by atoms with E-state index in [0.29, 0.717) is 22.9 Å². The highest BCUT2D eigenvalue weighted by Crippen LogP contribution is 2.44. The molecule has 1 atom stereocenters. The van der Waals surface area contributed by atoms with Gasteiger partial charge in [0, 0.05) is 41.8 Å². The van der Waals surface area contributed by atoms with Gasteiger partial charge in [-0.1, -0.05) is 29.5 Å². The molecule has 0 radical (unpaired) electrons. The van der Waals surface area contributed by atoms with Crippen molar-refractivity contribution in [1.29, 1.82) is 0 Å². The molecule has 1 aliphatic heterocycles. The molecule has 0 spiro atoms. The first-order valence-electron chi connectivity index (χ1n) is 15.3. The van der Waals surface area contributed by atoms with E-state index in [4.69, 9.17) is 21.1 Å².